The van der Waals surface area contributed by atoms with Crippen molar-refractivity contribution >= 4 is 5.91 Å². The van der Waals surface area contributed by atoms with E-state index in [0.29, 0.717) is 18.1 Å². The van der Waals surface area contributed by atoms with Crippen molar-refractivity contribution in [3.63, 3.8) is 0 Å². The standard InChI is InChI=1S/C35H32N2O3/c38-34(37-39-24-25-12-4-1-5-13-25)30-20-10-14-26(23-30)22-29-19-11-21-31(29)35-36-32(27-15-6-2-7-16-27)33(40-35)28-17-8-3-9-18-28/h1-10,12-18,20,23,29,31H,11,19,21-22,24H2,(H,37,38)/t29-,31+/m0/s1. The van der Waals surface area contributed by atoms with Gasteiger partial charge in [-0.2, -0.15) is 0 Å². The molecule has 6 rings (SSSR count). The average Bonchev–Trinajstić information content (AvgIpc) is 3.66. The maximum Gasteiger partial charge on any atom is 0.274 e. The Morgan fingerprint density at radius 1 is 0.800 bits per heavy atom. The lowest BCUT2D eigenvalue weighted by Crippen LogP contribution is -2.23. The molecule has 1 amide bonds. The third kappa shape index (κ3) is 5.90. The zero-order valence-electron chi connectivity index (χ0n) is 22.3. The molecule has 4 aromatic carbocycles. The molecule has 40 heavy (non-hydrogen) atoms. The molecule has 1 aliphatic rings. The van der Waals surface area contributed by atoms with Gasteiger partial charge in [0.1, 0.15) is 5.69 Å². The Morgan fingerprint density at radius 3 is 2.23 bits per heavy atom. The number of nitrogens with one attached hydrogen (secondary N) is 1. The van der Waals surface area contributed by atoms with Gasteiger partial charge in [0.15, 0.2) is 11.7 Å². The molecule has 0 radical (unpaired) electrons. The molecular formula is C35H32N2O3. The quantitative estimate of drug-likeness (QED) is 0.197. The number of nitrogens with zero attached hydrogens (tertiary/aromatic N) is 1. The second-order valence-corrected chi connectivity index (χ2v) is 10.4. The van der Waals surface area contributed by atoms with Crippen LogP contribution >= 0.6 is 0 Å². The molecule has 0 bridgehead atoms. The number of benzene rings is 4. The van der Waals surface area contributed by atoms with Crippen LogP contribution in [0.5, 0.6) is 0 Å². The summed E-state index contributed by atoms with van der Waals surface area (Å²) in [5.74, 6) is 2.00. The smallest absolute Gasteiger partial charge is 0.274 e. The fraction of sp³-hybridized carbons (Fsp3) is 0.200. The van der Waals surface area contributed by atoms with Crippen molar-refractivity contribution in [2.24, 2.45) is 5.92 Å². The van der Waals surface area contributed by atoms with Crippen molar-refractivity contribution in [3.05, 3.63) is 138 Å². The molecule has 1 N–H and O–H groups in total. The molecule has 0 unspecified atom stereocenters. The van der Waals surface area contributed by atoms with Crippen molar-refractivity contribution in [3.8, 4) is 22.6 Å². The third-order valence-electron chi connectivity index (χ3n) is 7.64. The first-order valence-corrected chi connectivity index (χ1v) is 13.9. The second kappa shape index (κ2) is 12.1. The molecule has 1 fully saturated rings. The SMILES string of the molecule is O=C(NOCc1ccccc1)c1cccc(C[C@@H]2CCC[C@H]2c2nc(-c3ccccc3)c(-c3ccccc3)o2)c1. The molecule has 1 aromatic heterocycles. The predicted octanol–water partition coefficient (Wildman–Crippen LogP) is 8.00. The fourth-order valence-electron chi connectivity index (χ4n) is 5.64. The summed E-state index contributed by atoms with van der Waals surface area (Å²) in [4.78, 5) is 23.3. The number of aromatic nitrogens is 1. The van der Waals surface area contributed by atoms with E-state index in [1.54, 1.807) is 0 Å². The van der Waals surface area contributed by atoms with Crippen LogP contribution in [0, 0.1) is 5.92 Å². The van der Waals surface area contributed by atoms with Crippen LogP contribution in [0.4, 0.5) is 0 Å². The first kappa shape index (κ1) is 25.8. The summed E-state index contributed by atoms with van der Waals surface area (Å²) < 4.78 is 6.56. The van der Waals surface area contributed by atoms with Gasteiger partial charge in [0.25, 0.3) is 5.91 Å². The minimum atomic E-state index is -0.242. The molecule has 0 aliphatic heterocycles. The minimum Gasteiger partial charge on any atom is -0.440 e. The highest BCUT2D eigenvalue weighted by Crippen LogP contribution is 2.44. The van der Waals surface area contributed by atoms with Crippen LogP contribution < -0.4 is 5.48 Å². The van der Waals surface area contributed by atoms with Gasteiger partial charge < -0.3 is 4.42 Å². The third-order valence-corrected chi connectivity index (χ3v) is 7.64. The van der Waals surface area contributed by atoms with Gasteiger partial charge in [-0.05, 0) is 48.4 Å². The lowest BCUT2D eigenvalue weighted by atomic mass is 9.89. The number of carbonyl (C=O) groups excluding carboxylic acids is 1. The normalized spacial score (nSPS) is 16.6. The number of hydrogen-bond donors (Lipinski definition) is 1. The summed E-state index contributed by atoms with van der Waals surface area (Å²) in [6, 6.07) is 38.1. The van der Waals surface area contributed by atoms with Crippen LogP contribution in [0.1, 0.15) is 52.6 Å². The summed E-state index contributed by atoms with van der Waals surface area (Å²) in [5, 5.41) is 0. The second-order valence-electron chi connectivity index (χ2n) is 10.4. The Bertz CT molecular complexity index is 1490. The van der Waals surface area contributed by atoms with Crippen LogP contribution in [0.25, 0.3) is 22.6 Å². The Balaban J connectivity index is 1.18. The van der Waals surface area contributed by atoms with E-state index < -0.39 is 0 Å². The lowest BCUT2D eigenvalue weighted by Gasteiger charge is -2.17. The predicted molar refractivity (Wildman–Crippen MR) is 156 cm³/mol. The summed E-state index contributed by atoms with van der Waals surface area (Å²) >= 11 is 0. The van der Waals surface area contributed by atoms with Crippen LogP contribution in [-0.2, 0) is 17.9 Å². The van der Waals surface area contributed by atoms with E-state index in [-0.39, 0.29) is 11.8 Å². The molecule has 2 atom stereocenters. The van der Waals surface area contributed by atoms with Crippen molar-refractivity contribution < 1.29 is 14.0 Å². The highest BCUT2D eigenvalue weighted by Gasteiger charge is 2.33. The van der Waals surface area contributed by atoms with E-state index in [1.807, 2.05) is 84.9 Å². The highest BCUT2D eigenvalue weighted by molar-refractivity contribution is 5.93. The largest absolute Gasteiger partial charge is 0.440 e. The fourth-order valence-corrected chi connectivity index (χ4v) is 5.64. The summed E-state index contributed by atoms with van der Waals surface area (Å²) in [5.41, 5.74) is 8.28. The van der Waals surface area contributed by atoms with Gasteiger partial charge in [-0.25, -0.2) is 10.5 Å². The molecule has 5 aromatic rings. The first-order valence-electron chi connectivity index (χ1n) is 13.9. The van der Waals surface area contributed by atoms with Crippen LogP contribution in [0.15, 0.2) is 120 Å². The van der Waals surface area contributed by atoms with Gasteiger partial charge in [-0.3, -0.25) is 9.63 Å². The molecule has 1 heterocycles. The van der Waals surface area contributed by atoms with E-state index >= 15 is 0 Å². The Labute approximate surface area is 234 Å². The molecular weight excluding hydrogens is 496 g/mol. The van der Waals surface area contributed by atoms with Gasteiger partial charge in [0.05, 0.1) is 6.61 Å². The van der Waals surface area contributed by atoms with E-state index in [0.717, 1.165) is 65.3 Å². The van der Waals surface area contributed by atoms with E-state index in [1.165, 1.54) is 0 Å². The van der Waals surface area contributed by atoms with Crippen molar-refractivity contribution in [1.29, 1.82) is 0 Å². The van der Waals surface area contributed by atoms with Gasteiger partial charge in [-0.1, -0.05) is 110 Å². The molecule has 1 saturated carbocycles. The molecule has 5 nitrogen and oxygen atoms in total. The maximum absolute atomic E-state index is 12.8. The molecule has 0 saturated heterocycles. The topological polar surface area (TPSA) is 64.4 Å². The monoisotopic (exact) mass is 528 g/mol. The van der Waals surface area contributed by atoms with Gasteiger partial charge in [0.2, 0.25) is 0 Å². The highest BCUT2D eigenvalue weighted by atomic mass is 16.6. The molecule has 1 aliphatic carbocycles. The van der Waals surface area contributed by atoms with Crippen LogP contribution in [-0.4, -0.2) is 10.9 Å². The molecule has 5 heteroatoms. The van der Waals surface area contributed by atoms with E-state index in [4.69, 9.17) is 14.2 Å². The van der Waals surface area contributed by atoms with Gasteiger partial charge in [0, 0.05) is 22.6 Å². The van der Waals surface area contributed by atoms with Crippen LogP contribution in [0.2, 0.25) is 0 Å². The summed E-state index contributed by atoms with van der Waals surface area (Å²) in [7, 11) is 0. The lowest BCUT2D eigenvalue weighted by molar-refractivity contribution is 0.0233. The summed E-state index contributed by atoms with van der Waals surface area (Å²) in [6.07, 6.45) is 4.14. The molecule has 0 spiro atoms. The van der Waals surface area contributed by atoms with Gasteiger partial charge >= 0.3 is 0 Å². The van der Waals surface area contributed by atoms with E-state index in [2.05, 4.69) is 35.8 Å². The number of amides is 1. The zero-order valence-corrected chi connectivity index (χ0v) is 22.3. The van der Waals surface area contributed by atoms with Crippen LogP contribution in [0.3, 0.4) is 0 Å². The Hall–Kier alpha value is -4.48. The summed E-state index contributed by atoms with van der Waals surface area (Å²) in [6.45, 7) is 0.322. The maximum atomic E-state index is 12.8. The molecule has 200 valence electrons. The zero-order chi connectivity index (χ0) is 27.1. The van der Waals surface area contributed by atoms with Crippen molar-refractivity contribution in [1.82, 2.24) is 10.5 Å². The van der Waals surface area contributed by atoms with Crippen molar-refractivity contribution in [2.45, 2.75) is 38.2 Å². The van der Waals surface area contributed by atoms with Crippen molar-refractivity contribution in [2.75, 3.05) is 0 Å². The Kier molecular flexibility index (Phi) is 7.83. The van der Waals surface area contributed by atoms with Gasteiger partial charge in [-0.15, -0.1) is 0 Å². The van der Waals surface area contributed by atoms with E-state index in [9.17, 15) is 4.79 Å². The number of hydrogen-bond acceptors (Lipinski definition) is 4. The first-order chi connectivity index (χ1) is 19.7. The number of oxazole rings is 1. The number of carbonyl (C=O) groups is 1. The Morgan fingerprint density at radius 2 is 1.48 bits per heavy atom. The number of rotatable bonds is 9. The average molecular weight is 529 g/mol. The minimum absolute atomic E-state index is 0.228. The number of hydroxylamine groups is 1.